The molecule has 4 N–H and O–H groups in total. The highest BCUT2D eigenvalue weighted by atomic mass is 35.5. The van der Waals surface area contributed by atoms with Crippen molar-refractivity contribution in [3.05, 3.63) is 135 Å². The number of pyridine rings is 1. The zero-order valence-electron chi connectivity index (χ0n) is 29.5. The predicted molar refractivity (Wildman–Crippen MR) is 211 cm³/mol. The molecule has 0 spiro atoms. The summed E-state index contributed by atoms with van der Waals surface area (Å²) in [4.78, 5) is 15.6. The summed E-state index contributed by atoms with van der Waals surface area (Å²) < 4.78 is 8.18. The van der Waals surface area contributed by atoms with Crippen LogP contribution in [0.3, 0.4) is 0 Å². The molecular formula is C42H39Cl2N7O3. The number of halogens is 2. The molecule has 4 aromatic carbocycles. The summed E-state index contributed by atoms with van der Waals surface area (Å²) in [6.07, 6.45) is 6.53. The highest BCUT2D eigenvalue weighted by molar-refractivity contribution is 6.36. The Morgan fingerprint density at radius 3 is 2.54 bits per heavy atom. The molecule has 1 atom stereocenters. The number of nitrogens with one attached hydrogen (secondary N) is 3. The normalized spacial score (nSPS) is 14.0. The minimum absolute atomic E-state index is 0.00827. The molecule has 1 saturated heterocycles. The second kappa shape index (κ2) is 17.2. The third-order valence-electron chi connectivity index (χ3n) is 9.52. The van der Waals surface area contributed by atoms with Crippen LogP contribution >= 0.6 is 23.2 Å². The smallest absolute Gasteiger partial charge is 0.220 e. The summed E-state index contributed by atoms with van der Waals surface area (Å²) in [5.74, 6) is 0.758. The second-order valence-corrected chi connectivity index (χ2v) is 14.1. The van der Waals surface area contributed by atoms with E-state index in [1.54, 1.807) is 12.3 Å². The number of amides is 1. The van der Waals surface area contributed by atoms with Crippen molar-refractivity contribution in [3.63, 3.8) is 0 Å². The first-order chi connectivity index (χ1) is 26.4. The van der Waals surface area contributed by atoms with Gasteiger partial charge in [-0.2, -0.15) is 10.4 Å². The summed E-state index contributed by atoms with van der Waals surface area (Å²) in [5.41, 5.74) is 8.81. The van der Waals surface area contributed by atoms with Gasteiger partial charge in [0.2, 0.25) is 5.91 Å². The molecular weight excluding hydrogens is 721 g/mol. The van der Waals surface area contributed by atoms with E-state index in [4.69, 9.17) is 33.0 Å². The summed E-state index contributed by atoms with van der Waals surface area (Å²) in [6.45, 7) is 2.96. The maximum Gasteiger partial charge on any atom is 0.220 e. The van der Waals surface area contributed by atoms with Crippen LogP contribution in [0, 0.1) is 11.3 Å². The van der Waals surface area contributed by atoms with Gasteiger partial charge in [-0.25, -0.2) is 0 Å². The van der Waals surface area contributed by atoms with Crippen molar-refractivity contribution in [1.82, 2.24) is 30.7 Å². The van der Waals surface area contributed by atoms with E-state index in [0.29, 0.717) is 54.0 Å². The Labute approximate surface area is 323 Å². The van der Waals surface area contributed by atoms with Crippen LogP contribution in [0.25, 0.3) is 33.2 Å². The van der Waals surface area contributed by atoms with Gasteiger partial charge in [-0.15, -0.1) is 0 Å². The van der Waals surface area contributed by atoms with Gasteiger partial charge in [0, 0.05) is 83.7 Å². The standard InChI is InChI=1S/C42H39Cl2N7O3/c43-38-16-31(22-46-13-14-52)40(54-26-29-15-28(18-45)20-47-21-29)17-32(38)25-51-39-6-2-4-35(37(39)24-49-51)36-5-1-3-34(42(36)44)30-9-7-27(8-10-30)19-48-23-33-11-12-41(53)50-33/h1-10,15-17,20-21,24,33,46,48,52H,11-14,19,22-23,25-26H2,(H,50,53). The predicted octanol–water partition coefficient (Wildman–Crippen LogP) is 7.02. The molecule has 0 aliphatic carbocycles. The van der Waals surface area contributed by atoms with Gasteiger partial charge in [-0.1, -0.05) is 77.8 Å². The van der Waals surface area contributed by atoms with E-state index >= 15 is 0 Å². The first kappa shape index (κ1) is 37.1. The molecule has 7 rings (SSSR count). The third-order valence-corrected chi connectivity index (χ3v) is 10.3. The van der Waals surface area contributed by atoms with Crippen LogP contribution in [0.4, 0.5) is 0 Å². The van der Waals surface area contributed by atoms with Crippen molar-refractivity contribution < 1.29 is 14.6 Å². The third kappa shape index (κ3) is 8.57. The summed E-state index contributed by atoms with van der Waals surface area (Å²) in [7, 11) is 0. The topological polar surface area (TPSA) is 137 Å². The minimum atomic E-state index is 0.00827. The zero-order valence-corrected chi connectivity index (χ0v) is 31.0. The molecule has 0 radical (unpaired) electrons. The molecule has 6 aromatic rings. The maximum atomic E-state index is 11.5. The lowest BCUT2D eigenvalue weighted by atomic mass is 9.96. The lowest BCUT2D eigenvalue weighted by Crippen LogP contribution is -2.35. The molecule has 12 heteroatoms. The van der Waals surface area contributed by atoms with E-state index in [-0.39, 0.29) is 25.2 Å². The van der Waals surface area contributed by atoms with Crippen LogP contribution in [0.1, 0.15) is 40.7 Å². The van der Waals surface area contributed by atoms with E-state index in [9.17, 15) is 15.2 Å². The molecule has 0 saturated carbocycles. The van der Waals surface area contributed by atoms with Crippen LogP contribution in [-0.4, -0.2) is 51.5 Å². The average Bonchev–Trinajstić information content (AvgIpc) is 3.81. The number of rotatable bonds is 15. The van der Waals surface area contributed by atoms with E-state index in [0.717, 1.165) is 68.4 Å². The number of nitrogens with zero attached hydrogens (tertiary/aromatic N) is 4. The molecule has 1 aliphatic rings. The molecule has 10 nitrogen and oxygen atoms in total. The molecule has 0 bridgehead atoms. The molecule has 1 amide bonds. The lowest BCUT2D eigenvalue weighted by molar-refractivity contribution is -0.119. The fraction of sp³-hybridized carbons (Fsp3) is 0.238. The van der Waals surface area contributed by atoms with Crippen molar-refractivity contribution in [2.45, 2.75) is 45.1 Å². The van der Waals surface area contributed by atoms with E-state index in [2.05, 4.69) is 57.3 Å². The minimum Gasteiger partial charge on any atom is -0.489 e. The molecule has 3 heterocycles. The number of hydrogen-bond acceptors (Lipinski definition) is 8. The molecule has 1 fully saturated rings. The number of carbonyl (C=O) groups excluding carboxylic acids is 1. The zero-order chi connectivity index (χ0) is 37.4. The fourth-order valence-electron chi connectivity index (χ4n) is 6.73. The Kier molecular flexibility index (Phi) is 11.8. The summed E-state index contributed by atoms with van der Waals surface area (Å²) >= 11 is 14.0. The number of ether oxygens (including phenoxy) is 1. The summed E-state index contributed by atoms with van der Waals surface area (Å²) in [5, 5.41) is 35.2. The number of aliphatic hydroxyl groups excluding tert-OH is 1. The SMILES string of the molecule is N#Cc1cncc(COc2cc(Cn3ncc4c(-c5cccc(-c6ccc(CNCC7CCC(=O)N7)cc6)c5Cl)cccc43)c(Cl)cc2CNCCO)c1. The van der Waals surface area contributed by atoms with Gasteiger partial charge < -0.3 is 25.8 Å². The second-order valence-electron chi connectivity index (χ2n) is 13.3. The van der Waals surface area contributed by atoms with Crippen LogP contribution < -0.4 is 20.7 Å². The van der Waals surface area contributed by atoms with Crippen LogP contribution in [0.15, 0.2) is 97.5 Å². The van der Waals surface area contributed by atoms with Crippen molar-refractivity contribution >= 4 is 40.0 Å². The van der Waals surface area contributed by atoms with E-state index < -0.39 is 0 Å². The van der Waals surface area contributed by atoms with Gasteiger partial charge in [0.15, 0.2) is 0 Å². The van der Waals surface area contributed by atoms with Crippen molar-refractivity contribution in [2.75, 3.05) is 19.7 Å². The first-order valence-electron chi connectivity index (χ1n) is 17.8. The van der Waals surface area contributed by atoms with Crippen molar-refractivity contribution in [1.29, 1.82) is 5.26 Å². The van der Waals surface area contributed by atoms with Gasteiger partial charge in [0.05, 0.1) is 35.5 Å². The maximum absolute atomic E-state index is 11.5. The van der Waals surface area contributed by atoms with E-state index in [1.165, 1.54) is 6.20 Å². The number of carbonyl (C=O) groups is 1. The average molecular weight is 761 g/mol. The van der Waals surface area contributed by atoms with E-state index in [1.807, 2.05) is 53.3 Å². The van der Waals surface area contributed by atoms with Gasteiger partial charge in [-0.05, 0) is 52.9 Å². The molecule has 1 aliphatic heterocycles. The Hall–Kier alpha value is -5.28. The van der Waals surface area contributed by atoms with Crippen LogP contribution in [0.5, 0.6) is 5.75 Å². The van der Waals surface area contributed by atoms with Crippen LogP contribution in [-0.2, 0) is 31.0 Å². The van der Waals surface area contributed by atoms with Gasteiger partial charge in [0.25, 0.3) is 0 Å². The Morgan fingerprint density at radius 2 is 1.74 bits per heavy atom. The number of aliphatic hydroxyl groups is 1. The van der Waals surface area contributed by atoms with Gasteiger partial charge in [0.1, 0.15) is 18.4 Å². The number of benzene rings is 4. The monoisotopic (exact) mass is 759 g/mol. The highest BCUT2D eigenvalue weighted by Crippen LogP contribution is 2.39. The number of fused-ring (bicyclic) bond motifs is 1. The molecule has 1 unspecified atom stereocenters. The molecule has 2 aromatic heterocycles. The molecule has 274 valence electrons. The summed E-state index contributed by atoms with van der Waals surface area (Å²) in [6, 6.07) is 28.4. The number of hydrogen-bond donors (Lipinski definition) is 4. The Morgan fingerprint density at radius 1 is 0.926 bits per heavy atom. The van der Waals surface area contributed by atoms with Gasteiger partial charge >= 0.3 is 0 Å². The van der Waals surface area contributed by atoms with Gasteiger partial charge in [-0.3, -0.25) is 14.5 Å². The van der Waals surface area contributed by atoms with Crippen LogP contribution in [0.2, 0.25) is 10.0 Å². The Bertz CT molecular complexity index is 2320. The van der Waals surface area contributed by atoms with Crippen molar-refractivity contribution in [3.8, 4) is 34.1 Å². The van der Waals surface area contributed by atoms with Crippen molar-refractivity contribution in [2.24, 2.45) is 0 Å². The quantitative estimate of drug-likeness (QED) is 0.0821. The fourth-order valence-corrected chi connectivity index (χ4v) is 7.32. The number of nitriles is 1. The number of aromatic nitrogens is 3. The highest BCUT2D eigenvalue weighted by Gasteiger charge is 2.20. The molecule has 54 heavy (non-hydrogen) atoms. The largest absolute Gasteiger partial charge is 0.489 e. The Balaban J connectivity index is 1.11. The first-order valence-corrected chi connectivity index (χ1v) is 18.6. The lowest BCUT2D eigenvalue weighted by Gasteiger charge is -2.16.